The SMILES string of the molecule is CC(C)CC(C)N(C)C(=O)c1sc2cccc(Br)c2c1N. The highest BCUT2D eigenvalue weighted by molar-refractivity contribution is 9.10. The number of anilines is 1. The van der Waals surface area contributed by atoms with Crippen molar-refractivity contribution in [3.05, 3.63) is 27.5 Å². The highest BCUT2D eigenvalue weighted by Gasteiger charge is 2.24. The highest BCUT2D eigenvalue weighted by atomic mass is 79.9. The van der Waals surface area contributed by atoms with Crippen LogP contribution in [0.1, 0.15) is 36.9 Å². The molecule has 0 saturated heterocycles. The number of nitrogens with two attached hydrogens (primary N) is 1. The van der Waals surface area contributed by atoms with Gasteiger partial charge in [0, 0.05) is 27.6 Å². The number of rotatable bonds is 4. The van der Waals surface area contributed by atoms with Gasteiger partial charge in [-0.25, -0.2) is 0 Å². The second kappa shape index (κ2) is 6.36. The maximum atomic E-state index is 12.7. The van der Waals surface area contributed by atoms with Gasteiger partial charge in [0.2, 0.25) is 0 Å². The lowest BCUT2D eigenvalue weighted by Gasteiger charge is -2.26. The van der Waals surface area contributed by atoms with E-state index in [1.807, 2.05) is 25.2 Å². The Kier molecular flexibility index (Phi) is 4.94. The van der Waals surface area contributed by atoms with Gasteiger partial charge in [-0.05, 0) is 31.4 Å². The number of carbonyl (C=O) groups is 1. The molecular formula is C16H21BrN2OS. The third-order valence-electron chi connectivity index (χ3n) is 3.69. The molecule has 0 bridgehead atoms. The monoisotopic (exact) mass is 368 g/mol. The van der Waals surface area contributed by atoms with Crippen molar-refractivity contribution >= 4 is 48.9 Å². The largest absolute Gasteiger partial charge is 0.397 e. The Balaban J connectivity index is 2.36. The molecule has 0 saturated carbocycles. The first-order chi connectivity index (χ1) is 9.82. The van der Waals surface area contributed by atoms with Gasteiger partial charge in [0.1, 0.15) is 4.88 Å². The lowest BCUT2D eigenvalue weighted by atomic mass is 10.0. The van der Waals surface area contributed by atoms with Crippen LogP contribution >= 0.6 is 27.3 Å². The number of benzene rings is 1. The first-order valence-electron chi connectivity index (χ1n) is 7.06. The van der Waals surface area contributed by atoms with E-state index >= 15 is 0 Å². The second-order valence-electron chi connectivity index (χ2n) is 5.85. The number of fused-ring (bicyclic) bond motifs is 1. The van der Waals surface area contributed by atoms with Crippen LogP contribution in [0.4, 0.5) is 5.69 Å². The van der Waals surface area contributed by atoms with Gasteiger partial charge >= 0.3 is 0 Å². The van der Waals surface area contributed by atoms with Crippen molar-refractivity contribution in [2.45, 2.75) is 33.2 Å². The molecule has 1 unspecified atom stereocenters. The Morgan fingerprint density at radius 1 is 1.38 bits per heavy atom. The normalized spacial score (nSPS) is 12.9. The minimum Gasteiger partial charge on any atom is -0.397 e. The first-order valence-corrected chi connectivity index (χ1v) is 8.67. The van der Waals surface area contributed by atoms with Crippen molar-refractivity contribution in [2.75, 3.05) is 12.8 Å². The van der Waals surface area contributed by atoms with Crippen molar-refractivity contribution in [2.24, 2.45) is 5.92 Å². The van der Waals surface area contributed by atoms with E-state index in [1.54, 1.807) is 4.90 Å². The van der Waals surface area contributed by atoms with E-state index in [1.165, 1.54) is 11.3 Å². The number of carbonyl (C=O) groups excluding carboxylic acids is 1. The maximum Gasteiger partial charge on any atom is 0.266 e. The third-order valence-corrected chi connectivity index (χ3v) is 5.51. The summed E-state index contributed by atoms with van der Waals surface area (Å²) < 4.78 is 1.97. The molecule has 5 heteroatoms. The summed E-state index contributed by atoms with van der Waals surface area (Å²) in [5.41, 5.74) is 6.79. The Labute approximate surface area is 138 Å². The molecule has 0 aliphatic rings. The fourth-order valence-electron chi connectivity index (χ4n) is 2.49. The zero-order valence-electron chi connectivity index (χ0n) is 12.8. The number of nitrogen functional groups attached to an aromatic ring is 1. The van der Waals surface area contributed by atoms with Gasteiger partial charge < -0.3 is 10.6 Å². The fraction of sp³-hybridized carbons (Fsp3) is 0.438. The number of hydrogen-bond donors (Lipinski definition) is 1. The second-order valence-corrected chi connectivity index (χ2v) is 7.76. The molecule has 0 fully saturated rings. The average Bonchev–Trinajstić information content (AvgIpc) is 2.75. The Morgan fingerprint density at radius 3 is 2.62 bits per heavy atom. The van der Waals surface area contributed by atoms with E-state index in [0.717, 1.165) is 21.0 Å². The zero-order chi connectivity index (χ0) is 15.7. The Bertz CT molecular complexity index is 666. The van der Waals surface area contributed by atoms with Gasteiger partial charge in [0.25, 0.3) is 5.91 Å². The van der Waals surface area contributed by atoms with Crippen molar-refractivity contribution in [3.63, 3.8) is 0 Å². The molecule has 1 heterocycles. The minimum atomic E-state index is 0.00810. The van der Waals surface area contributed by atoms with Crippen LogP contribution in [0.15, 0.2) is 22.7 Å². The van der Waals surface area contributed by atoms with Gasteiger partial charge in [-0.3, -0.25) is 4.79 Å². The van der Waals surface area contributed by atoms with E-state index in [4.69, 9.17) is 5.73 Å². The van der Waals surface area contributed by atoms with Gasteiger partial charge in [-0.2, -0.15) is 0 Å². The molecule has 2 rings (SSSR count). The summed E-state index contributed by atoms with van der Waals surface area (Å²) in [5.74, 6) is 0.567. The highest BCUT2D eigenvalue weighted by Crippen LogP contribution is 2.38. The molecule has 0 aliphatic carbocycles. The van der Waals surface area contributed by atoms with E-state index in [2.05, 4.69) is 36.7 Å². The van der Waals surface area contributed by atoms with Crippen molar-refractivity contribution in [3.8, 4) is 0 Å². The number of halogens is 1. The molecule has 1 atom stereocenters. The molecule has 114 valence electrons. The number of nitrogens with zero attached hydrogens (tertiary/aromatic N) is 1. The van der Waals surface area contributed by atoms with E-state index in [-0.39, 0.29) is 11.9 Å². The number of amides is 1. The fourth-order valence-corrected chi connectivity index (χ4v) is 4.33. The van der Waals surface area contributed by atoms with Crippen molar-refractivity contribution < 1.29 is 4.79 Å². The smallest absolute Gasteiger partial charge is 0.266 e. The standard InChI is InChI=1S/C16H21BrN2OS/c1-9(2)8-10(3)19(4)16(20)15-14(18)13-11(17)6-5-7-12(13)21-15/h5-7,9-10H,8,18H2,1-4H3. The quantitative estimate of drug-likeness (QED) is 0.845. The van der Waals surface area contributed by atoms with Crippen LogP contribution in [0.25, 0.3) is 10.1 Å². The maximum absolute atomic E-state index is 12.7. The summed E-state index contributed by atoms with van der Waals surface area (Å²) in [6, 6.07) is 6.10. The van der Waals surface area contributed by atoms with Crippen molar-refractivity contribution in [1.29, 1.82) is 0 Å². The molecule has 3 nitrogen and oxygen atoms in total. The van der Waals surface area contributed by atoms with Crippen molar-refractivity contribution in [1.82, 2.24) is 4.90 Å². The third kappa shape index (κ3) is 3.24. The van der Waals surface area contributed by atoms with Crippen LogP contribution < -0.4 is 5.73 Å². The summed E-state index contributed by atoms with van der Waals surface area (Å²) in [6.07, 6.45) is 0.983. The van der Waals surface area contributed by atoms with Crippen LogP contribution in [0.5, 0.6) is 0 Å². The molecule has 1 aromatic carbocycles. The molecular weight excluding hydrogens is 348 g/mol. The molecule has 2 N–H and O–H groups in total. The van der Waals surface area contributed by atoms with E-state index in [0.29, 0.717) is 16.5 Å². The number of thiophene rings is 1. The first kappa shape index (κ1) is 16.3. The van der Waals surface area contributed by atoms with Crippen LogP contribution in [0.2, 0.25) is 0 Å². The van der Waals surface area contributed by atoms with Crippen LogP contribution in [0.3, 0.4) is 0 Å². The lowest BCUT2D eigenvalue weighted by molar-refractivity contribution is 0.0734. The average molecular weight is 369 g/mol. The zero-order valence-corrected chi connectivity index (χ0v) is 15.2. The minimum absolute atomic E-state index is 0.00810. The molecule has 0 aliphatic heterocycles. The van der Waals surface area contributed by atoms with Gasteiger partial charge in [0.15, 0.2) is 0 Å². The predicted molar refractivity (Wildman–Crippen MR) is 94.9 cm³/mol. The summed E-state index contributed by atoms with van der Waals surface area (Å²) in [4.78, 5) is 15.1. The molecule has 1 aromatic heterocycles. The van der Waals surface area contributed by atoms with Crippen LogP contribution in [-0.4, -0.2) is 23.9 Å². The predicted octanol–water partition coefficient (Wildman–Crippen LogP) is 4.75. The van der Waals surface area contributed by atoms with Gasteiger partial charge in [0.05, 0.1) is 5.69 Å². The molecule has 0 radical (unpaired) electrons. The topological polar surface area (TPSA) is 46.3 Å². The molecule has 1 amide bonds. The number of hydrogen-bond acceptors (Lipinski definition) is 3. The van der Waals surface area contributed by atoms with Crippen LogP contribution in [-0.2, 0) is 0 Å². The summed E-state index contributed by atoms with van der Waals surface area (Å²) in [7, 11) is 1.86. The lowest BCUT2D eigenvalue weighted by Crippen LogP contribution is -2.35. The van der Waals surface area contributed by atoms with E-state index < -0.39 is 0 Å². The molecule has 2 aromatic rings. The molecule has 0 spiro atoms. The Hall–Kier alpha value is -1.07. The van der Waals surface area contributed by atoms with Gasteiger partial charge in [-0.1, -0.05) is 35.8 Å². The van der Waals surface area contributed by atoms with E-state index in [9.17, 15) is 4.79 Å². The Morgan fingerprint density at radius 2 is 2.05 bits per heavy atom. The molecule has 21 heavy (non-hydrogen) atoms. The summed E-state index contributed by atoms with van der Waals surface area (Å²) in [6.45, 7) is 6.41. The summed E-state index contributed by atoms with van der Waals surface area (Å²) >= 11 is 4.98. The van der Waals surface area contributed by atoms with Crippen LogP contribution in [0, 0.1) is 5.92 Å². The summed E-state index contributed by atoms with van der Waals surface area (Å²) in [5, 5.41) is 0.941. The van der Waals surface area contributed by atoms with Gasteiger partial charge in [-0.15, -0.1) is 11.3 Å².